The quantitative estimate of drug-likeness (QED) is 0.485. The summed E-state index contributed by atoms with van der Waals surface area (Å²) in [4.78, 5) is 43.8. The van der Waals surface area contributed by atoms with Crippen LogP contribution in [-0.4, -0.2) is 61.6 Å². The average molecular weight is 557 g/mol. The molecule has 3 unspecified atom stereocenters. The highest BCUT2D eigenvalue weighted by Gasteiger charge is 2.69. The Bertz CT molecular complexity index is 1030. The van der Waals surface area contributed by atoms with E-state index in [0.717, 1.165) is 77.4 Å². The number of nitrogens with one attached hydrogen (secondary N) is 1. The number of imide groups is 1. The molecule has 0 aromatic heterocycles. The van der Waals surface area contributed by atoms with Crippen molar-refractivity contribution < 1.29 is 23.9 Å². The molecule has 6 aliphatic rings. The lowest BCUT2D eigenvalue weighted by atomic mass is 9.43. The standard InChI is InChI=1S/C33H52N2O5/c1-20-11-14-33-15-12-25(39-5)27(33)32(20,4)26(17-31(3,28(36)21(33)2)23-9-7-6-8-10-23)40-30(38)34-29(37)24-19-35-16-13-22(24)18-35/h20-27H,6-19H2,1-5H3,(H,34,37,38)/t20-,21+,22+,24+,25-,26-,27?,31+,32+,33?/m1/s1. The number of hydrogen-bond acceptors (Lipinski definition) is 6. The predicted octanol–water partition coefficient (Wildman–Crippen LogP) is 5.60. The summed E-state index contributed by atoms with van der Waals surface area (Å²) >= 11 is 0. The van der Waals surface area contributed by atoms with Gasteiger partial charge in [0, 0.05) is 42.9 Å². The second kappa shape index (κ2) is 10.4. The Balaban J connectivity index is 1.35. The molecule has 7 heteroatoms. The fourth-order valence-corrected chi connectivity index (χ4v) is 11.2. The van der Waals surface area contributed by atoms with Gasteiger partial charge >= 0.3 is 6.09 Å². The van der Waals surface area contributed by atoms with Gasteiger partial charge in [-0.05, 0) is 81.1 Å². The van der Waals surface area contributed by atoms with Crippen LogP contribution in [0.15, 0.2) is 0 Å². The van der Waals surface area contributed by atoms with Crippen molar-refractivity contribution in [2.45, 2.75) is 111 Å². The highest BCUT2D eigenvalue weighted by Crippen LogP contribution is 2.69. The summed E-state index contributed by atoms with van der Waals surface area (Å²) in [6.45, 7) is 11.8. The maximum absolute atomic E-state index is 14.7. The van der Waals surface area contributed by atoms with Gasteiger partial charge in [-0.1, -0.05) is 47.0 Å². The van der Waals surface area contributed by atoms with Gasteiger partial charge in [0.05, 0.1) is 12.0 Å². The van der Waals surface area contributed by atoms with E-state index in [1.807, 2.05) is 0 Å². The van der Waals surface area contributed by atoms with E-state index in [0.29, 0.717) is 30.0 Å². The third kappa shape index (κ3) is 4.22. The van der Waals surface area contributed by atoms with E-state index in [-0.39, 0.29) is 40.6 Å². The van der Waals surface area contributed by atoms with Gasteiger partial charge in [0.2, 0.25) is 5.91 Å². The summed E-state index contributed by atoms with van der Waals surface area (Å²) in [5.74, 6) is 1.08. The van der Waals surface area contributed by atoms with Crippen LogP contribution in [0, 0.1) is 51.8 Å². The number of fused-ring (bicyclic) bond motifs is 2. The van der Waals surface area contributed by atoms with Crippen LogP contribution in [0.4, 0.5) is 4.79 Å². The zero-order valence-electron chi connectivity index (χ0n) is 25.5. The molecule has 0 aromatic rings. The van der Waals surface area contributed by atoms with Crippen molar-refractivity contribution in [2.75, 3.05) is 26.7 Å². The maximum Gasteiger partial charge on any atom is 0.414 e. The first kappa shape index (κ1) is 28.6. The smallest absolute Gasteiger partial charge is 0.414 e. The molecule has 4 bridgehead atoms. The Kier molecular flexibility index (Phi) is 7.42. The Morgan fingerprint density at radius 3 is 2.35 bits per heavy atom. The Morgan fingerprint density at radius 2 is 1.70 bits per heavy atom. The molecule has 4 saturated carbocycles. The zero-order chi connectivity index (χ0) is 28.4. The highest BCUT2D eigenvalue weighted by molar-refractivity contribution is 5.94. The minimum absolute atomic E-state index is 0.0412. The molecule has 0 aromatic carbocycles. The molecule has 40 heavy (non-hydrogen) atoms. The summed E-state index contributed by atoms with van der Waals surface area (Å²) in [6, 6.07) is 0. The highest BCUT2D eigenvalue weighted by atomic mass is 16.6. The summed E-state index contributed by atoms with van der Waals surface area (Å²) in [6.07, 6.45) is 10.2. The lowest BCUT2D eigenvalue weighted by molar-refractivity contribution is -0.196. The molecule has 11 atom stereocenters. The van der Waals surface area contributed by atoms with Crippen molar-refractivity contribution in [1.29, 1.82) is 0 Å². The van der Waals surface area contributed by atoms with E-state index < -0.39 is 17.6 Å². The minimum Gasteiger partial charge on any atom is -0.445 e. The van der Waals surface area contributed by atoms with Crippen molar-refractivity contribution >= 4 is 17.8 Å². The first-order valence-corrected chi connectivity index (χ1v) is 16.4. The van der Waals surface area contributed by atoms with Crippen LogP contribution in [0.2, 0.25) is 0 Å². The molecule has 4 aliphatic carbocycles. The fourth-order valence-electron chi connectivity index (χ4n) is 11.2. The summed E-state index contributed by atoms with van der Waals surface area (Å²) in [5.41, 5.74) is -1.03. The van der Waals surface area contributed by atoms with Gasteiger partial charge in [0.25, 0.3) is 0 Å². The summed E-state index contributed by atoms with van der Waals surface area (Å²) < 4.78 is 12.6. The molecule has 0 radical (unpaired) electrons. The lowest BCUT2D eigenvalue weighted by Gasteiger charge is -2.62. The summed E-state index contributed by atoms with van der Waals surface area (Å²) in [7, 11) is 1.80. The number of ether oxygens (including phenoxy) is 2. The number of amides is 2. The molecule has 6 fully saturated rings. The Labute approximate surface area is 240 Å². The second-order valence-corrected chi connectivity index (χ2v) is 15.2. The first-order chi connectivity index (χ1) is 19.0. The van der Waals surface area contributed by atoms with Gasteiger partial charge in [-0.2, -0.15) is 0 Å². The van der Waals surface area contributed by atoms with E-state index in [1.54, 1.807) is 7.11 Å². The van der Waals surface area contributed by atoms with Crippen LogP contribution >= 0.6 is 0 Å². The van der Waals surface area contributed by atoms with Crippen LogP contribution in [0.1, 0.15) is 98.3 Å². The first-order valence-electron chi connectivity index (χ1n) is 16.4. The van der Waals surface area contributed by atoms with E-state index in [1.165, 1.54) is 6.42 Å². The number of nitrogens with zero attached hydrogens (tertiary/aromatic N) is 1. The van der Waals surface area contributed by atoms with Gasteiger partial charge in [0.1, 0.15) is 11.9 Å². The van der Waals surface area contributed by atoms with Crippen molar-refractivity contribution in [3.63, 3.8) is 0 Å². The molecule has 2 aliphatic heterocycles. The van der Waals surface area contributed by atoms with Crippen LogP contribution in [0.25, 0.3) is 0 Å². The fraction of sp³-hybridized carbons (Fsp3) is 0.909. The molecular formula is C33H52N2O5. The molecule has 224 valence electrons. The summed E-state index contributed by atoms with van der Waals surface area (Å²) in [5, 5.41) is 2.66. The number of methoxy groups -OCH3 is 1. The number of carbonyl (C=O) groups excluding carboxylic acids is 3. The topological polar surface area (TPSA) is 84.9 Å². The Morgan fingerprint density at radius 1 is 0.975 bits per heavy atom. The van der Waals surface area contributed by atoms with Gasteiger partial charge in [0.15, 0.2) is 0 Å². The van der Waals surface area contributed by atoms with E-state index in [4.69, 9.17) is 9.47 Å². The number of piperidine rings is 1. The van der Waals surface area contributed by atoms with Gasteiger partial charge in [-0.15, -0.1) is 0 Å². The number of rotatable bonds is 4. The lowest BCUT2D eigenvalue weighted by Crippen LogP contribution is -2.64. The van der Waals surface area contributed by atoms with Crippen LogP contribution < -0.4 is 5.32 Å². The molecule has 2 heterocycles. The van der Waals surface area contributed by atoms with Crippen LogP contribution in [0.5, 0.6) is 0 Å². The molecule has 1 N–H and O–H groups in total. The molecule has 2 amide bonds. The van der Waals surface area contributed by atoms with Crippen molar-refractivity contribution in [3.8, 4) is 0 Å². The second-order valence-electron chi connectivity index (χ2n) is 15.2. The van der Waals surface area contributed by atoms with Crippen molar-refractivity contribution in [3.05, 3.63) is 0 Å². The number of ketones is 1. The molecular weight excluding hydrogens is 504 g/mol. The van der Waals surface area contributed by atoms with Gasteiger partial charge in [-0.25, -0.2) is 4.79 Å². The number of alkyl carbamates (subject to hydrolysis) is 1. The number of hydrogen-bond donors (Lipinski definition) is 1. The van der Waals surface area contributed by atoms with Gasteiger partial charge < -0.3 is 14.4 Å². The molecule has 6 rings (SSSR count). The third-order valence-corrected chi connectivity index (χ3v) is 13.7. The van der Waals surface area contributed by atoms with Crippen molar-refractivity contribution in [1.82, 2.24) is 10.2 Å². The molecule has 7 nitrogen and oxygen atoms in total. The monoisotopic (exact) mass is 556 g/mol. The van der Waals surface area contributed by atoms with E-state index >= 15 is 0 Å². The van der Waals surface area contributed by atoms with Gasteiger partial charge in [-0.3, -0.25) is 14.9 Å². The number of Topliss-reactive ketones (excluding diaryl/α,β-unsaturated/α-hetero) is 1. The average Bonchev–Trinajstić information content (AvgIpc) is 3.69. The predicted molar refractivity (Wildman–Crippen MR) is 152 cm³/mol. The molecule has 2 saturated heterocycles. The van der Waals surface area contributed by atoms with Crippen LogP contribution in [0.3, 0.4) is 0 Å². The normalized spacial score (nSPS) is 48.8. The SMILES string of the molecule is CO[C@@H]1CCC23CC[C@@H](C)[C@](C)(C12)[C@H](OC(=O)NC(=O)[C@H]1CN2CC[C@H]1C2)C[C@@](C)(C1CCCCC1)C(=O)[C@@H]3C. The van der Waals surface area contributed by atoms with E-state index in [9.17, 15) is 14.4 Å². The largest absolute Gasteiger partial charge is 0.445 e. The minimum atomic E-state index is -0.628. The van der Waals surface area contributed by atoms with Crippen molar-refractivity contribution in [2.24, 2.45) is 51.8 Å². The van der Waals surface area contributed by atoms with E-state index in [2.05, 4.69) is 37.9 Å². The maximum atomic E-state index is 14.7. The zero-order valence-corrected chi connectivity index (χ0v) is 25.5. The number of carbonyl (C=O) groups is 3. The molecule has 0 spiro atoms. The Hall–Kier alpha value is -1.47. The third-order valence-electron chi connectivity index (χ3n) is 13.7. The van der Waals surface area contributed by atoms with Crippen LogP contribution in [-0.2, 0) is 19.1 Å².